The molecule has 0 spiro atoms. The van der Waals surface area contributed by atoms with Crippen LogP contribution in [0.1, 0.15) is 23.2 Å². The Balaban J connectivity index is 1.33. The first kappa shape index (κ1) is 23.8. The number of halogens is 2. The first-order valence-electron chi connectivity index (χ1n) is 10.8. The number of benzene rings is 3. The van der Waals surface area contributed by atoms with Crippen molar-refractivity contribution in [2.45, 2.75) is 24.7 Å². The first-order valence-corrected chi connectivity index (χ1v) is 13.8. The molecule has 4 aromatic rings. The number of aromatic nitrogens is 1. The summed E-state index contributed by atoms with van der Waals surface area (Å²) < 4.78 is 28.1. The second-order valence-corrected chi connectivity index (χ2v) is 11.5. The largest absolute Gasteiger partial charge is 0.278 e. The molecule has 0 aliphatic heterocycles. The van der Waals surface area contributed by atoms with Crippen molar-refractivity contribution in [3.05, 3.63) is 93.6 Å². The van der Waals surface area contributed by atoms with Gasteiger partial charge in [-0.15, -0.1) is 0 Å². The molecule has 0 saturated carbocycles. The molecule has 5 rings (SSSR count). The highest BCUT2D eigenvalue weighted by atomic mass is 35.5. The Hall–Kier alpha value is -2.91. The van der Waals surface area contributed by atoms with E-state index in [2.05, 4.69) is 32.4 Å². The molecule has 6 nitrogen and oxygen atoms in total. The zero-order valence-electron chi connectivity index (χ0n) is 18.5. The predicted octanol–water partition coefficient (Wildman–Crippen LogP) is 6.99. The van der Waals surface area contributed by atoms with Gasteiger partial charge in [0, 0.05) is 10.6 Å². The molecule has 35 heavy (non-hydrogen) atoms. The number of sulfonamides is 1. The Kier molecular flexibility index (Phi) is 6.55. The van der Waals surface area contributed by atoms with Crippen LogP contribution in [0.5, 0.6) is 0 Å². The molecule has 0 fully saturated rings. The van der Waals surface area contributed by atoms with Gasteiger partial charge in [0.15, 0.2) is 0 Å². The zero-order chi connectivity index (χ0) is 24.6. The molecule has 1 aliphatic carbocycles. The van der Waals surface area contributed by atoms with Crippen LogP contribution in [0.3, 0.4) is 0 Å². The van der Waals surface area contributed by atoms with Crippen LogP contribution in [0, 0.1) is 6.92 Å². The van der Waals surface area contributed by atoms with Gasteiger partial charge in [0.1, 0.15) is 0 Å². The van der Waals surface area contributed by atoms with Gasteiger partial charge in [-0.25, -0.2) is 13.4 Å². The molecule has 10 heteroatoms. The maximum Gasteiger partial charge on any atom is 0.261 e. The van der Waals surface area contributed by atoms with Crippen LogP contribution in [0.25, 0.3) is 10.4 Å². The Labute approximate surface area is 217 Å². The van der Waals surface area contributed by atoms with Crippen molar-refractivity contribution in [2.24, 2.45) is 5.10 Å². The number of anilines is 2. The number of nitrogens with zero attached hydrogens (tertiary/aromatic N) is 2. The SMILES string of the molecule is Cc1nc(N/N=C2/CCc3ccccc32)sc1-c1ccc(S(=O)(=O)Nc2ccc(Cl)cc2Cl)cc1. The van der Waals surface area contributed by atoms with Crippen LogP contribution in [0.15, 0.2) is 76.7 Å². The lowest BCUT2D eigenvalue weighted by Crippen LogP contribution is -2.13. The third-order valence-corrected chi connectivity index (χ3v) is 8.69. The van der Waals surface area contributed by atoms with Gasteiger partial charge in [-0.05, 0) is 61.2 Å². The fourth-order valence-electron chi connectivity index (χ4n) is 3.91. The van der Waals surface area contributed by atoms with Crippen molar-refractivity contribution in [3.8, 4) is 10.4 Å². The maximum absolute atomic E-state index is 12.8. The number of rotatable bonds is 6. The van der Waals surface area contributed by atoms with Crippen LogP contribution in [-0.4, -0.2) is 19.1 Å². The zero-order valence-corrected chi connectivity index (χ0v) is 21.7. The third kappa shape index (κ3) is 5.06. The topological polar surface area (TPSA) is 83.5 Å². The normalized spacial score (nSPS) is 14.2. The molecule has 0 atom stereocenters. The van der Waals surface area contributed by atoms with E-state index in [0.717, 1.165) is 34.7 Å². The fourth-order valence-corrected chi connectivity index (χ4v) is 6.42. The number of thiazole rings is 1. The summed E-state index contributed by atoms with van der Waals surface area (Å²) in [7, 11) is -3.81. The van der Waals surface area contributed by atoms with Crippen molar-refractivity contribution in [1.29, 1.82) is 0 Å². The quantitative estimate of drug-likeness (QED) is 0.257. The molecular formula is C25H20Cl2N4O2S2. The van der Waals surface area contributed by atoms with Crippen LogP contribution in [0.4, 0.5) is 10.8 Å². The van der Waals surface area contributed by atoms with E-state index in [9.17, 15) is 8.42 Å². The van der Waals surface area contributed by atoms with Gasteiger partial charge in [0.05, 0.1) is 31.9 Å². The maximum atomic E-state index is 12.8. The molecule has 1 heterocycles. The third-order valence-electron chi connectivity index (χ3n) is 5.64. The molecule has 1 aromatic heterocycles. The van der Waals surface area contributed by atoms with Gasteiger partial charge in [-0.3, -0.25) is 10.1 Å². The van der Waals surface area contributed by atoms with Gasteiger partial charge in [0.25, 0.3) is 10.0 Å². The highest BCUT2D eigenvalue weighted by Crippen LogP contribution is 2.34. The fraction of sp³-hybridized carbons (Fsp3) is 0.120. The Morgan fingerprint density at radius 2 is 1.77 bits per heavy atom. The number of aryl methyl sites for hydroxylation is 2. The van der Waals surface area contributed by atoms with Crippen molar-refractivity contribution >= 4 is 61.1 Å². The molecular weight excluding hydrogens is 523 g/mol. The number of hydrogen-bond acceptors (Lipinski definition) is 6. The van der Waals surface area contributed by atoms with Crippen LogP contribution >= 0.6 is 34.5 Å². The standard InChI is InChI=1S/C25H20Cl2N4O2S2/c1-15-24(34-25(28-15)30-29-22-12-8-16-4-2-3-5-20(16)22)17-6-10-19(11-7-17)35(32,33)31-23-13-9-18(26)14-21(23)27/h2-7,9-11,13-14,31H,8,12H2,1H3,(H,28,30)/b29-22-. The number of nitrogens with one attached hydrogen (secondary N) is 2. The highest BCUT2D eigenvalue weighted by molar-refractivity contribution is 7.92. The van der Waals surface area contributed by atoms with Crippen molar-refractivity contribution < 1.29 is 8.42 Å². The summed E-state index contributed by atoms with van der Waals surface area (Å²) in [5.41, 5.74) is 8.59. The molecule has 0 radical (unpaired) electrons. The van der Waals surface area contributed by atoms with E-state index in [1.54, 1.807) is 30.3 Å². The van der Waals surface area contributed by atoms with Crippen molar-refractivity contribution in [3.63, 3.8) is 0 Å². The monoisotopic (exact) mass is 542 g/mol. The molecule has 0 bridgehead atoms. The first-order chi connectivity index (χ1) is 16.8. The second kappa shape index (κ2) is 9.62. The lowest BCUT2D eigenvalue weighted by Gasteiger charge is -2.10. The van der Waals surface area contributed by atoms with E-state index >= 15 is 0 Å². The summed E-state index contributed by atoms with van der Waals surface area (Å²) in [5, 5.41) is 5.93. The molecule has 2 N–H and O–H groups in total. The average molecular weight is 544 g/mol. The molecule has 178 valence electrons. The van der Waals surface area contributed by atoms with E-state index in [1.165, 1.54) is 34.6 Å². The molecule has 0 saturated heterocycles. The van der Waals surface area contributed by atoms with Crippen LogP contribution in [0.2, 0.25) is 10.0 Å². The Morgan fingerprint density at radius 3 is 2.54 bits per heavy atom. The van der Waals surface area contributed by atoms with Gasteiger partial charge < -0.3 is 0 Å². The van der Waals surface area contributed by atoms with Crippen LogP contribution in [-0.2, 0) is 16.4 Å². The van der Waals surface area contributed by atoms with E-state index in [0.29, 0.717) is 10.2 Å². The lowest BCUT2D eigenvalue weighted by molar-refractivity contribution is 0.601. The number of hydrazone groups is 1. The number of fused-ring (bicyclic) bond motifs is 1. The second-order valence-electron chi connectivity index (χ2n) is 8.02. The predicted molar refractivity (Wildman–Crippen MR) is 144 cm³/mol. The minimum absolute atomic E-state index is 0.124. The Morgan fingerprint density at radius 1 is 1.00 bits per heavy atom. The summed E-state index contributed by atoms with van der Waals surface area (Å²) in [6.45, 7) is 1.92. The van der Waals surface area contributed by atoms with Gasteiger partial charge in [-0.2, -0.15) is 5.10 Å². The van der Waals surface area contributed by atoms with Gasteiger partial charge >= 0.3 is 0 Å². The summed E-state index contributed by atoms with van der Waals surface area (Å²) in [6, 6.07) is 19.5. The minimum atomic E-state index is -3.81. The summed E-state index contributed by atoms with van der Waals surface area (Å²) >= 11 is 13.5. The molecule has 0 unspecified atom stereocenters. The van der Waals surface area contributed by atoms with E-state index in [1.807, 2.05) is 19.1 Å². The molecule has 0 amide bonds. The smallest absolute Gasteiger partial charge is 0.261 e. The van der Waals surface area contributed by atoms with Crippen molar-refractivity contribution in [2.75, 3.05) is 10.1 Å². The molecule has 1 aliphatic rings. The van der Waals surface area contributed by atoms with E-state index < -0.39 is 10.0 Å². The van der Waals surface area contributed by atoms with Gasteiger partial charge in [-0.1, -0.05) is 70.9 Å². The summed E-state index contributed by atoms with van der Waals surface area (Å²) in [4.78, 5) is 5.66. The lowest BCUT2D eigenvalue weighted by atomic mass is 10.1. The number of hydrogen-bond donors (Lipinski definition) is 2. The highest BCUT2D eigenvalue weighted by Gasteiger charge is 2.19. The van der Waals surface area contributed by atoms with Crippen molar-refractivity contribution in [1.82, 2.24) is 4.98 Å². The van der Waals surface area contributed by atoms with Gasteiger partial charge in [0.2, 0.25) is 5.13 Å². The van der Waals surface area contributed by atoms with E-state index in [4.69, 9.17) is 23.2 Å². The molecule has 3 aromatic carbocycles. The van der Waals surface area contributed by atoms with Crippen LogP contribution < -0.4 is 10.1 Å². The Bertz CT molecular complexity index is 1550. The van der Waals surface area contributed by atoms with E-state index in [-0.39, 0.29) is 15.6 Å². The summed E-state index contributed by atoms with van der Waals surface area (Å²) in [5.74, 6) is 0. The average Bonchev–Trinajstić information content (AvgIpc) is 3.42. The summed E-state index contributed by atoms with van der Waals surface area (Å²) in [6.07, 6.45) is 1.89. The minimum Gasteiger partial charge on any atom is -0.278 e.